The molecule has 2 fully saturated rings. The van der Waals surface area contributed by atoms with Gasteiger partial charge in [0.05, 0.1) is 6.26 Å². The number of likely N-dealkylation sites (N-methyl/N-ethyl adjacent to an activating group) is 1. The quantitative estimate of drug-likeness (QED) is 0.210. The van der Waals surface area contributed by atoms with Crippen LogP contribution < -0.4 is 4.74 Å². The summed E-state index contributed by atoms with van der Waals surface area (Å²) in [6.07, 6.45) is 9.40. The molecule has 0 radical (unpaired) electrons. The Morgan fingerprint density at radius 1 is 1.21 bits per heavy atom. The number of amides is 1. The molecule has 2 aliphatic rings. The maximum Gasteiger partial charge on any atom is 0.308 e. The van der Waals surface area contributed by atoms with Gasteiger partial charge in [0.15, 0.2) is 0 Å². The van der Waals surface area contributed by atoms with Crippen molar-refractivity contribution in [2.45, 2.75) is 63.5 Å². The van der Waals surface area contributed by atoms with Crippen molar-refractivity contribution in [1.82, 2.24) is 9.80 Å². The van der Waals surface area contributed by atoms with Crippen molar-refractivity contribution in [3.8, 4) is 5.75 Å². The molecule has 4 rings (SSSR count). The highest BCUT2D eigenvalue weighted by Gasteiger charge is 2.61. The molecule has 8 nitrogen and oxygen atoms in total. The van der Waals surface area contributed by atoms with Gasteiger partial charge in [-0.05, 0) is 69.0 Å². The van der Waals surface area contributed by atoms with Gasteiger partial charge in [-0.2, -0.15) is 0 Å². The molecule has 1 aliphatic carbocycles. The van der Waals surface area contributed by atoms with Crippen LogP contribution in [0.25, 0.3) is 6.08 Å². The number of furan rings is 1. The summed E-state index contributed by atoms with van der Waals surface area (Å²) in [5, 5.41) is 0. The van der Waals surface area contributed by atoms with Crippen LogP contribution in [0.5, 0.6) is 5.75 Å². The van der Waals surface area contributed by atoms with E-state index in [2.05, 4.69) is 11.5 Å². The fourth-order valence-corrected chi connectivity index (χ4v) is 6.38. The van der Waals surface area contributed by atoms with Crippen molar-refractivity contribution in [2.24, 2.45) is 0 Å². The lowest BCUT2D eigenvalue weighted by molar-refractivity contribution is -0.189. The SMILES string of the molecule is C=CCN1CC[C@@]2(c3cccc(OC(C)=O)c3)C[C@@H](N(C)C(=O)/C=C/c3ccoc3C)CC[C@]2(OC(C)=O)C1. The molecule has 1 aliphatic heterocycles. The van der Waals surface area contributed by atoms with Gasteiger partial charge in [0.1, 0.15) is 17.1 Å². The first-order valence-electron chi connectivity index (χ1n) is 13.4. The van der Waals surface area contributed by atoms with Crippen LogP contribution in [0.4, 0.5) is 0 Å². The first-order chi connectivity index (χ1) is 18.6. The molecule has 1 saturated carbocycles. The van der Waals surface area contributed by atoms with E-state index in [4.69, 9.17) is 13.9 Å². The number of esters is 2. The predicted octanol–water partition coefficient (Wildman–Crippen LogP) is 4.67. The van der Waals surface area contributed by atoms with E-state index < -0.39 is 17.0 Å². The zero-order valence-electron chi connectivity index (χ0n) is 23.3. The molecule has 1 aromatic carbocycles. The van der Waals surface area contributed by atoms with E-state index in [1.165, 1.54) is 13.8 Å². The smallest absolute Gasteiger partial charge is 0.308 e. The van der Waals surface area contributed by atoms with Gasteiger partial charge in [-0.1, -0.05) is 18.2 Å². The summed E-state index contributed by atoms with van der Waals surface area (Å²) in [4.78, 5) is 41.6. The Morgan fingerprint density at radius 2 is 2.00 bits per heavy atom. The van der Waals surface area contributed by atoms with Gasteiger partial charge in [0.2, 0.25) is 5.91 Å². The summed E-state index contributed by atoms with van der Waals surface area (Å²) >= 11 is 0. The normalized spacial score (nSPS) is 25.1. The average molecular weight is 535 g/mol. The number of benzene rings is 1. The second kappa shape index (κ2) is 11.6. The summed E-state index contributed by atoms with van der Waals surface area (Å²) in [6, 6.07) is 9.26. The monoisotopic (exact) mass is 534 g/mol. The van der Waals surface area contributed by atoms with Crippen LogP contribution in [0.1, 0.15) is 56.4 Å². The highest BCUT2D eigenvalue weighted by Crippen LogP contribution is 2.54. The number of nitrogens with zero attached hydrogens (tertiary/aromatic N) is 2. The second-order valence-corrected chi connectivity index (χ2v) is 10.7. The third-order valence-electron chi connectivity index (χ3n) is 8.25. The van der Waals surface area contributed by atoms with Gasteiger partial charge in [0.25, 0.3) is 0 Å². The third-order valence-corrected chi connectivity index (χ3v) is 8.25. The Morgan fingerprint density at radius 3 is 2.67 bits per heavy atom. The number of likely N-dealkylation sites (tertiary alicyclic amines) is 1. The van der Waals surface area contributed by atoms with E-state index in [1.807, 2.05) is 44.3 Å². The first kappa shape index (κ1) is 28.4. The van der Waals surface area contributed by atoms with Crippen LogP contribution in [0.15, 0.2) is 59.7 Å². The highest BCUT2D eigenvalue weighted by molar-refractivity contribution is 5.92. The number of hydrogen-bond donors (Lipinski definition) is 0. The van der Waals surface area contributed by atoms with Crippen molar-refractivity contribution >= 4 is 23.9 Å². The van der Waals surface area contributed by atoms with E-state index in [9.17, 15) is 14.4 Å². The summed E-state index contributed by atoms with van der Waals surface area (Å²) < 4.78 is 17.1. The van der Waals surface area contributed by atoms with Crippen molar-refractivity contribution in [3.05, 3.63) is 72.2 Å². The van der Waals surface area contributed by atoms with E-state index in [0.717, 1.165) is 23.4 Å². The minimum absolute atomic E-state index is 0.0837. The molecule has 8 heteroatoms. The minimum atomic E-state index is -0.806. The zero-order valence-corrected chi connectivity index (χ0v) is 23.3. The second-order valence-electron chi connectivity index (χ2n) is 10.7. The fourth-order valence-electron chi connectivity index (χ4n) is 6.38. The van der Waals surface area contributed by atoms with Crippen molar-refractivity contribution in [1.29, 1.82) is 0 Å². The molecule has 1 saturated heterocycles. The predicted molar refractivity (Wildman–Crippen MR) is 148 cm³/mol. The maximum atomic E-state index is 13.3. The topological polar surface area (TPSA) is 89.3 Å². The molecule has 1 amide bonds. The van der Waals surface area contributed by atoms with Crippen molar-refractivity contribution in [3.63, 3.8) is 0 Å². The first-order valence-corrected chi connectivity index (χ1v) is 13.4. The lowest BCUT2D eigenvalue weighted by atomic mass is 9.55. The summed E-state index contributed by atoms with van der Waals surface area (Å²) in [6.45, 7) is 10.6. The summed E-state index contributed by atoms with van der Waals surface area (Å²) in [5.41, 5.74) is 0.409. The molecule has 39 heavy (non-hydrogen) atoms. The lowest BCUT2D eigenvalue weighted by Crippen LogP contribution is -2.68. The van der Waals surface area contributed by atoms with Crippen LogP contribution >= 0.6 is 0 Å². The van der Waals surface area contributed by atoms with Crippen LogP contribution in [-0.4, -0.2) is 66.0 Å². The van der Waals surface area contributed by atoms with Gasteiger partial charge >= 0.3 is 11.9 Å². The highest BCUT2D eigenvalue weighted by atomic mass is 16.6. The standard InChI is InChI=1S/C31H38N2O6/c1-6-16-33-17-15-30(26-8-7-9-28(19-26)38-23(3)34)20-27(12-14-31(30,21-33)39-24(4)35)32(5)29(36)11-10-25-13-18-37-22(25)2/h6-11,13,18-19,27H,1,12,14-17,20-21H2,2-5H3/b11-10+/t27-,30-,31-/m0/s1. The Bertz CT molecular complexity index is 1270. The van der Waals surface area contributed by atoms with Crippen molar-refractivity contribution in [2.75, 3.05) is 26.7 Å². The Hall–Kier alpha value is -3.65. The van der Waals surface area contributed by atoms with Crippen molar-refractivity contribution < 1.29 is 28.3 Å². The molecular weight excluding hydrogens is 496 g/mol. The number of hydrogen-bond acceptors (Lipinski definition) is 7. The van der Waals surface area contributed by atoms with Crippen LogP contribution in [0.3, 0.4) is 0 Å². The molecule has 2 heterocycles. The van der Waals surface area contributed by atoms with Gasteiger partial charge in [-0.3, -0.25) is 19.3 Å². The van der Waals surface area contributed by atoms with E-state index in [0.29, 0.717) is 44.5 Å². The fraction of sp³-hybridized carbons (Fsp3) is 0.452. The van der Waals surface area contributed by atoms with E-state index >= 15 is 0 Å². The molecule has 0 spiro atoms. The molecule has 0 bridgehead atoms. The zero-order chi connectivity index (χ0) is 28.2. The van der Waals surface area contributed by atoms with Gasteiger partial charge in [0, 0.05) is 57.1 Å². The number of aryl methyl sites for hydroxylation is 1. The molecule has 2 aromatic rings. The number of ether oxygens (including phenoxy) is 2. The largest absolute Gasteiger partial charge is 0.469 e. The average Bonchev–Trinajstić information content (AvgIpc) is 3.30. The Kier molecular flexibility index (Phi) is 8.45. The summed E-state index contributed by atoms with van der Waals surface area (Å²) in [7, 11) is 1.83. The molecule has 208 valence electrons. The van der Waals surface area contributed by atoms with Gasteiger partial charge in [-0.15, -0.1) is 6.58 Å². The Labute approximate surface area is 230 Å². The number of piperidine rings is 1. The maximum absolute atomic E-state index is 13.3. The number of carbonyl (C=O) groups excluding carboxylic acids is 3. The molecule has 1 aromatic heterocycles. The van der Waals surface area contributed by atoms with Crippen LogP contribution in [0, 0.1) is 6.92 Å². The minimum Gasteiger partial charge on any atom is -0.469 e. The number of carbonyl (C=O) groups is 3. The number of fused-ring (bicyclic) bond motifs is 1. The molecular formula is C31H38N2O6. The number of rotatable bonds is 8. The Balaban J connectivity index is 1.72. The molecule has 0 unspecified atom stereocenters. The van der Waals surface area contributed by atoms with Crippen LogP contribution in [0.2, 0.25) is 0 Å². The molecule has 0 N–H and O–H groups in total. The third kappa shape index (κ3) is 5.86. The van der Waals surface area contributed by atoms with Gasteiger partial charge < -0.3 is 18.8 Å². The summed E-state index contributed by atoms with van der Waals surface area (Å²) in [5.74, 6) is 0.363. The lowest BCUT2D eigenvalue weighted by Gasteiger charge is -2.60. The van der Waals surface area contributed by atoms with Gasteiger partial charge in [-0.25, -0.2) is 0 Å². The molecule has 3 atom stereocenters. The van der Waals surface area contributed by atoms with E-state index in [1.54, 1.807) is 29.4 Å². The van der Waals surface area contributed by atoms with E-state index in [-0.39, 0.29) is 17.9 Å². The van der Waals surface area contributed by atoms with Crippen LogP contribution in [-0.2, 0) is 24.5 Å².